The molecule has 1 aromatic carbocycles. The molecule has 2 fully saturated rings. The van der Waals surface area contributed by atoms with E-state index < -0.39 is 0 Å². The summed E-state index contributed by atoms with van der Waals surface area (Å²) in [6, 6.07) is 8.94. The van der Waals surface area contributed by atoms with Crippen molar-refractivity contribution in [2.45, 2.75) is 76.8 Å². The number of aromatic nitrogens is 2. The van der Waals surface area contributed by atoms with Crippen molar-refractivity contribution in [1.29, 1.82) is 0 Å². The number of carbonyl (C=O) groups is 1. The summed E-state index contributed by atoms with van der Waals surface area (Å²) in [6.45, 7) is 4.14. The number of amides is 1. The highest BCUT2D eigenvalue weighted by molar-refractivity contribution is 5.81. The van der Waals surface area contributed by atoms with Crippen molar-refractivity contribution in [3.05, 3.63) is 30.1 Å². The zero-order chi connectivity index (χ0) is 17.2. The van der Waals surface area contributed by atoms with Gasteiger partial charge in [0.05, 0.1) is 11.0 Å². The standard InChI is InChI=1S/C21H29N3O/c1-2-3-4-5-8-13-23-19-10-7-6-9-18(19)22-21(23)16-14-20(25)24(15-16)17-11-12-17/h6-7,9-10,16-17H,2-5,8,11-15H2,1H3. The lowest BCUT2D eigenvalue weighted by atomic mass is 10.1. The predicted molar refractivity (Wildman–Crippen MR) is 101 cm³/mol. The number of carbonyl (C=O) groups excluding carboxylic acids is 1. The van der Waals surface area contributed by atoms with Crippen molar-refractivity contribution in [3.8, 4) is 0 Å². The van der Waals surface area contributed by atoms with E-state index >= 15 is 0 Å². The molecule has 0 N–H and O–H groups in total. The molecule has 0 spiro atoms. The minimum Gasteiger partial charge on any atom is -0.339 e. The maximum atomic E-state index is 12.4. The number of benzene rings is 1. The van der Waals surface area contributed by atoms with Crippen LogP contribution in [-0.2, 0) is 11.3 Å². The van der Waals surface area contributed by atoms with Crippen LogP contribution in [0.3, 0.4) is 0 Å². The Hall–Kier alpha value is -1.84. The lowest BCUT2D eigenvalue weighted by Crippen LogP contribution is -2.27. The first-order chi connectivity index (χ1) is 12.3. The molecule has 1 saturated heterocycles. The molecular weight excluding hydrogens is 310 g/mol. The summed E-state index contributed by atoms with van der Waals surface area (Å²) in [6.07, 6.45) is 9.40. The SMILES string of the molecule is CCCCCCCn1c(C2CC(=O)N(C3CC3)C2)nc2ccccc21. The van der Waals surface area contributed by atoms with Crippen LogP contribution in [0.1, 0.15) is 70.0 Å². The third kappa shape index (κ3) is 3.44. The fourth-order valence-corrected chi connectivity index (χ4v) is 4.16. The summed E-state index contributed by atoms with van der Waals surface area (Å²) >= 11 is 0. The maximum Gasteiger partial charge on any atom is 0.223 e. The number of unbranched alkanes of at least 4 members (excludes halogenated alkanes) is 4. The second-order valence-electron chi connectivity index (χ2n) is 7.70. The van der Waals surface area contributed by atoms with Gasteiger partial charge in [0.15, 0.2) is 0 Å². The second kappa shape index (κ2) is 7.19. The number of para-hydroxylation sites is 2. The molecule has 2 heterocycles. The smallest absolute Gasteiger partial charge is 0.223 e. The summed E-state index contributed by atoms with van der Waals surface area (Å²) in [7, 11) is 0. The lowest BCUT2D eigenvalue weighted by molar-refractivity contribution is -0.128. The highest BCUT2D eigenvalue weighted by Gasteiger charge is 2.41. The fourth-order valence-electron chi connectivity index (χ4n) is 4.16. The van der Waals surface area contributed by atoms with Crippen LogP contribution < -0.4 is 0 Å². The van der Waals surface area contributed by atoms with Crippen molar-refractivity contribution < 1.29 is 4.79 Å². The van der Waals surface area contributed by atoms with E-state index in [9.17, 15) is 4.79 Å². The van der Waals surface area contributed by atoms with Gasteiger partial charge in [-0.05, 0) is 31.4 Å². The van der Waals surface area contributed by atoms with Crippen LogP contribution in [0, 0.1) is 0 Å². The van der Waals surface area contributed by atoms with Gasteiger partial charge in [-0.25, -0.2) is 4.98 Å². The number of fused-ring (bicyclic) bond motifs is 1. The van der Waals surface area contributed by atoms with Crippen molar-refractivity contribution in [1.82, 2.24) is 14.5 Å². The van der Waals surface area contributed by atoms with Gasteiger partial charge in [0.2, 0.25) is 5.91 Å². The van der Waals surface area contributed by atoms with Crippen LogP contribution in [0.4, 0.5) is 0 Å². The van der Waals surface area contributed by atoms with Gasteiger partial charge in [0, 0.05) is 31.5 Å². The molecule has 1 amide bonds. The molecule has 1 aliphatic carbocycles. The molecule has 2 aromatic rings. The first kappa shape index (κ1) is 16.6. The minimum absolute atomic E-state index is 0.260. The Morgan fingerprint density at radius 1 is 1.12 bits per heavy atom. The Morgan fingerprint density at radius 3 is 2.72 bits per heavy atom. The molecule has 1 atom stereocenters. The van der Waals surface area contributed by atoms with Gasteiger partial charge in [0.1, 0.15) is 5.82 Å². The lowest BCUT2D eigenvalue weighted by Gasteiger charge is -2.16. The summed E-state index contributed by atoms with van der Waals surface area (Å²) in [5.41, 5.74) is 2.30. The van der Waals surface area contributed by atoms with E-state index in [0.29, 0.717) is 18.4 Å². The molecule has 4 rings (SSSR count). The van der Waals surface area contributed by atoms with Gasteiger partial charge >= 0.3 is 0 Å². The van der Waals surface area contributed by atoms with E-state index in [4.69, 9.17) is 4.98 Å². The van der Waals surface area contributed by atoms with Gasteiger partial charge in [-0.1, -0.05) is 44.7 Å². The predicted octanol–water partition coefficient (Wildman–Crippen LogP) is 4.49. The molecule has 2 aliphatic rings. The summed E-state index contributed by atoms with van der Waals surface area (Å²) in [5.74, 6) is 1.72. The molecule has 1 saturated carbocycles. The molecule has 25 heavy (non-hydrogen) atoms. The van der Waals surface area contributed by atoms with Crippen molar-refractivity contribution in [3.63, 3.8) is 0 Å². The largest absolute Gasteiger partial charge is 0.339 e. The Balaban J connectivity index is 1.55. The Labute approximate surface area is 150 Å². The molecule has 4 heteroatoms. The zero-order valence-electron chi connectivity index (χ0n) is 15.3. The number of imidazole rings is 1. The molecule has 1 aromatic heterocycles. The van der Waals surface area contributed by atoms with E-state index in [-0.39, 0.29) is 5.92 Å². The molecular formula is C21H29N3O. The number of hydrogen-bond acceptors (Lipinski definition) is 2. The number of rotatable bonds is 8. The Morgan fingerprint density at radius 2 is 1.92 bits per heavy atom. The minimum atomic E-state index is 0.260. The van der Waals surface area contributed by atoms with E-state index in [1.807, 2.05) is 0 Å². The van der Waals surface area contributed by atoms with Crippen molar-refractivity contribution >= 4 is 16.9 Å². The van der Waals surface area contributed by atoms with Crippen LogP contribution in [0.2, 0.25) is 0 Å². The first-order valence-electron chi connectivity index (χ1n) is 10.0. The number of nitrogens with zero attached hydrogens (tertiary/aromatic N) is 3. The topological polar surface area (TPSA) is 38.1 Å². The summed E-state index contributed by atoms with van der Waals surface area (Å²) in [4.78, 5) is 19.4. The monoisotopic (exact) mass is 339 g/mol. The maximum absolute atomic E-state index is 12.4. The second-order valence-corrected chi connectivity index (χ2v) is 7.70. The summed E-state index contributed by atoms with van der Waals surface area (Å²) < 4.78 is 2.40. The van der Waals surface area contributed by atoms with Crippen LogP contribution in [0.5, 0.6) is 0 Å². The Kier molecular flexibility index (Phi) is 4.78. The van der Waals surface area contributed by atoms with Gasteiger partial charge in [-0.2, -0.15) is 0 Å². The quantitative estimate of drug-likeness (QED) is 0.665. The molecule has 0 radical (unpaired) electrons. The molecule has 4 nitrogen and oxygen atoms in total. The number of hydrogen-bond donors (Lipinski definition) is 0. The molecule has 134 valence electrons. The third-order valence-electron chi connectivity index (χ3n) is 5.68. The van der Waals surface area contributed by atoms with E-state index in [0.717, 1.165) is 24.4 Å². The first-order valence-corrected chi connectivity index (χ1v) is 10.0. The average molecular weight is 339 g/mol. The number of likely N-dealkylation sites (tertiary alicyclic amines) is 1. The van der Waals surface area contributed by atoms with E-state index in [2.05, 4.69) is 40.7 Å². The van der Waals surface area contributed by atoms with E-state index in [1.54, 1.807) is 0 Å². The third-order valence-corrected chi connectivity index (χ3v) is 5.68. The van der Waals surface area contributed by atoms with Gasteiger partial charge in [0.25, 0.3) is 0 Å². The highest BCUT2D eigenvalue weighted by atomic mass is 16.2. The zero-order valence-corrected chi connectivity index (χ0v) is 15.3. The van der Waals surface area contributed by atoms with Crippen LogP contribution in [0.25, 0.3) is 11.0 Å². The molecule has 1 aliphatic heterocycles. The summed E-state index contributed by atoms with van der Waals surface area (Å²) in [5, 5.41) is 0. The van der Waals surface area contributed by atoms with E-state index in [1.165, 1.54) is 50.5 Å². The van der Waals surface area contributed by atoms with Crippen LogP contribution in [-0.4, -0.2) is 32.9 Å². The van der Waals surface area contributed by atoms with Gasteiger partial charge in [-0.3, -0.25) is 4.79 Å². The highest BCUT2D eigenvalue weighted by Crippen LogP contribution is 2.37. The average Bonchev–Trinajstić information content (AvgIpc) is 3.29. The van der Waals surface area contributed by atoms with Crippen molar-refractivity contribution in [2.24, 2.45) is 0 Å². The fraction of sp³-hybridized carbons (Fsp3) is 0.619. The van der Waals surface area contributed by atoms with Crippen molar-refractivity contribution in [2.75, 3.05) is 6.54 Å². The van der Waals surface area contributed by atoms with Gasteiger partial charge < -0.3 is 9.47 Å². The van der Waals surface area contributed by atoms with Crippen LogP contribution >= 0.6 is 0 Å². The Bertz CT molecular complexity index is 747. The molecule has 1 unspecified atom stereocenters. The van der Waals surface area contributed by atoms with Gasteiger partial charge in [-0.15, -0.1) is 0 Å². The molecule has 0 bridgehead atoms. The van der Waals surface area contributed by atoms with Crippen LogP contribution in [0.15, 0.2) is 24.3 Å². The number of aryl methyl sites for hydroxylation is 1. The normalized spacial score (nSPS) is 20.8.